The van der Waals surface area contributed by atoms with Crippen LogP contribution in [0.4, 0.5) is 0 Å². The van der Waals surface area contributed by atoms with Gasteiger partial charge in [-0.05, 0) is 12.1 Å². The largest absolute Gasteiger partial charge is 0.481 e. The standard InChI is InChI=1S/C12H14N4O3S/c17-11(7-20-8-12(18)19)13-5-4-10-15-14-9-3-1-2-6-16(9)10/h1-3,6H,4-5,7-8H2,(H,13,17)(H,18,19). The van der Waals surface area contributed by atoms with E-state index in [-0.39, 0.29) is 17.4 Å². The maximum Gasteiger partial charge on any atom is 0.313 e. The lowest BCUT2D eigenvalue weighted by Crippen LogP contribution is -2.28. The lowest BCUT2D eigenvalue weighted by Gasteiger charge is -2.03. The first-order valence-electron chi connectivity index (χ1n) is 6.01. The SMILES string of the molecule is O=C(O)CSCC(=O)NCCc1nnc2ccccn12. The van der Waals surface area contributed by atoms with Gasteiger partial charge in [0.25, 0.3) is 0 Å². The van der Waals surface area contributed by atoms with Gasteiger partial charge in [0.2, 0.25) is 5.91 Å². The Kier molecular flexibility index (Phi) is 4.94. The molecule has 0 saturated carbocycles. The lowest BCUT2D eigenvalue weighted by atomic mass is 10.4. The quantitative estimate of drug-likeness (QED) is 0.757. The molecule has 2 aromatic rings. The van der Waals surface area contributed by atoms with E-state index in [1.165, 1.54) is 0 Å². The first-order valence-corrected chi connectivity index (χ1v) is 7.17. The average Bonchev–Trinajstić information content (AvgIpc) is 2.82. The summed E-state index contributed by atoms with van der Waals surface area (Å²) < 4.78 is 1.87. The molecule has 0 unspecified atom stereocenters. The summed E-state index contributed by atoms with van der Waals surface area (Å²) in [5.41, 5.74) is 0.769. The third-order valence-corrected chi connectivity index (χ3v) is 3.43. The van der Waals surface area contributed by atoms with Crippen molar-refractivity contribution in [2.24, 2.45) is 0 Å². The lowest BCUT2D eigenvalue weighted by molar-refractivity contribution is -0.133. The average molecular weight is 294 g/mol. The second kappa shape index (κ2) is 6.90. The van der Waals surface area contributed by atoms with E-state index in [1.807, 2.05) is 28.8 Å². The fourth-order valence-corrected chi connectivity index (χ4v) is 2.22. The van der Waals surface area contributed by atoms with Crippen LogP contribution in [0.1, 0.15) is 5.82 Å². The minimum Gasteiger partial charge on any atom is -0.481 e. The molecule has 20 heavy (non-hydrogen) atoms. The van der Waals surface area contributed by atoms with Crippen molar-refractivity contribution in [1.82, 2.24) is 19.9 Å². The van der Waals surface area contributed by atoms with Crippen molar-refractivity contribution < 1.29 is 14.7 Å². The number of hydrogen-bond acceptors (Lipinski definition) is 5. The van der Waals surface area contributed by atoms with E-state index in [1.54, 1.807) is 0 Å². The van der Waals surface area contributed by atoms with Crippen LogP contribution in [0.5, 0.6) is 0 Å². The number of fused-ring (bicyclic) bond motifs is 1. The van der Waals surface area contributed by atoms with Gasteiger partial charge in [-0.15, -0.1) is 22.0 Å². The molecule has 1 amide bonds. The van der Waals surface area contributed by atoms with Gasteiger partial charge in [-0.3, -0.25) is 14.0 Å². The number of pyridine rings is 1. The van der Waals surface area contributed by atoms with Crippen LogP contribution in [0, 0.1) is 0 Å². The van der Waals surface area contributed by atoms with Gasteiger partial charge in [0.05, 0.1) is 11.5 Å². The molecule has 2 N–H and O–H groups in total. The molecule has 0 aromatic carbocycles. The van der Waals surface area contributed by atoms with Crippen molar-refractivity contribution in [2.45, 2.75) is 6.42 Å². The number of nitrogens with zero attached hydrogens (tertiary/aromatic N) is 3. The van der Waals surface area contributed by atoms with Crippen LogP contribution >= 0.6 is 11.8 Å². The van der Waals surface area contributed by atoms with Crippen LogP contribution in [0.25, 0.3) is 5.65 Å². The predicted octanol–water partition coefficient (Wildman–Crippen LogP) is 0.206. The third kappa shape index (κ3) is 3.95. The fourth-order valence-electron chi connectivity index (χ4n) is 1.66. The minimum absolute atomic E-state index is 0.0672. The number of carboxylic acids is 1. The Morgan fingerprint density at radius 1 is 1.30 bits per heavy atom. The number of carbonyl (C=O) groups is 2. The number of hydrogen-bond donors (Lipinski definition) is 2. The molecule has 0 saturated heterocycles. The van der Waals surface area contributed by atoms with Crippen LogP contribution in [0.15, 0.2) is 24.4 Å². The second-order valence-electron chi connectivity index (χ2n) is 4.03. The van der Waals surface area contributed by atoms with Gasteiger partial charge in [-0.1, -0.05) is 6.07 Å². The number of thioether (sulfide) groups is 1. The van der Waals surface area contributed by atoms with E-state index in [2.05, 4.69) is 15.5 Å². The highest BCUT2D eigenvalue weighted by Crippen LogP contribution is 2.03. The number of nitrogens with one attached hydrogen (secondary N) is 1. The number of amides is 1. The fraction of sp³-hybridized carbons (Fsp3) is 0.333. The molecule has 0 aliphatic rings. The first-order chi connectivity index (χ1) is 9.66. The number of carbonyl (C=O) groups excluding carboxylic acids is 1. The normalized spacial score (nSPS) is 10.6. The molecule has 2 rings (SSSR count). The monoisotopic (exact) mass is 294 g/mol. The first kappa shape index (κ1) is 14.3. The molecule has 2 heterocycles. The summed E-state index contributed by atoms with van der Waals surface area (Å²) in [5.74, 6) is -0.239. The molecule has 7 nitrogen and oxygen atoms in total. The van der Waals surface area contributed by atoms with Gasteiger partial charge in [0.15, 0.2) is 5.65 Å². The van der Waals surface area contributed by atoms with Crippen molar-refractivity contribution in [3.63, 3.8) is 0 Å². The molecule has 0 aliphatic heterocycles. The van der Waals surface area contributed by atoms with Crippen LogP contribution < -0.4 is 5.32 Å². The highest BCUT2D eigenvalue weighted by molar-refractivity contribution is 8.00. The van der Waals surface area contributed by atoms with Crippen molar-refractivity contribution in [3.8, 4) is 0 Å². The van der Waals surface area contributed by atoms with Crippen molar-refractivity contribution in [2.75, 3.05) is 18.1 Å². The Morgan fingerprint density at radius 2 is 2.15 bits per heavy atom. The maximum atomic E-state index is 11.4. The summed E-state index contributed by atoms with van der Waals surface area (Å²) in [7, 11) is 0. The Balaban J connectivity index is 1.75. The Hall–Kier alpha value is -2.09. The van der Waals surface area contributed by atoms with Crippen molar-refractivity contribution >= 4 is 29.3 Å². The molecule has 106 valence electrons. The van der Waals surface area contributed by atoms with E-state index < -0.39 is 5.97 Å². The Morgan fingerprint density at radius 3 is 2.95 bits per heavy atom. The zero-order valence-electron chi connectivity index (χ0n) is 10.7. The summed E-state index contributed by atoms with van der Waals surface area (Å²) in [6, 6.07) is 5.63. The summed E-state index contributed by atoms with van der Waals surface area (Å²) in [6.45, 7) is 0.447. The molecule has 0 radical (unpaired) electrons. The molecule has 2 aromatic heterocycles. The van der Waals surface area contributed by atoms with Crippen molar-refractivity contribution in [3.05, 3.63) is 30.2 Å². The zero-order chi connectivity index (χ0) is 14.4. The summed E-state index contributed by atoms with van der Waals surface area (Å²) >= 11 is 1.08. The molecule has 0 atom stereocenters. The molecule has 0 fully saturated rings. The molecule has 8 heteroatoms. The van der Waals surface area contributed by atoms with Crippen molar-refractivity contribution in [1.29, 1.82) is 0 Å². The van der Waals surface area contributed by atoms with Crippen LogP contribution in [-0.2, 0) is 16.0 Å². The maximum absolute atomic E-state index is 11.4. The zero-order valence-corrected chi connectivity index (χ0v) is 11.5. The van der Waals surface area contributed by atoms with Gasteiger partial charge in [-0.2, -0.15) is 0 Å². The molecule has 0 aliphatic carbocycles. The number of carboxylic acid groups (broad SMARTS) is 1. The van der Waals surface area contributed by atoms with Gasteiger partial charge < -0.3 is 10.4 Å². The molecular weight excluding hydrogens is 280 g/mol. The second-order valence-corrected chi connectivity index (χ2v) is 5.02. The van der Waals surface area contributed by atoms with E-state index in [0.29, 0.717) is 13.0 Å². The summed E-state index contributed by atoms with van der Waals surface area (Å²) in [4.78, 5) is 21.8. The van der Waals surface area contributed by atoms with Gasteiger partial charge in [0.1, 0.15) is 5.82 Å². The molecule has 0 bridgehead atoms. The van der Waals surface area contributed by atoms with E-state index >= 15 is 0 Å². The molecule has 0 spiro atoms. The van der Waals surface area contributed by atoms with Gasteiger partial charge in [-0.25, -0.2) is 0 Å². The summed E-state index contributed by atoms with van der Waals surface area (Å²) in [5, 5.41) is 19.3. The van der Waals surface area contributed by atoms with Crippen LogP contribution in [0.2, 0.25) is 0 Å². The Bertz CT molecular complexity index is 614. The van der Waals surface area contributed by atoms with E-state index in [0.717, 1.165) is 23.2 Å². The number of aromatic nitrogens is 3. The topological polar surface area (TPSA) is 96.6 Å². The van der Waals surface area contributed by atoms with Gasteiger partial charge >= 0.3 is 5.97 Å². The van der Waals surface area contributed by atoms with E-state index in [4.69, 9.17) is 5.11 Å². The van der Waals surface area contributed by atoms with Crippen LogP contribution in [-0.4, -0.2) is 49.6 Å². The third-order valence-electron chi connectivity index (χ3n) is 2.51. The minimum atomic E-state index is -0.919. The highest BCUT2D eigenvalue weighted by Gasteiger charge is 2.06. The smallest absolute Gasteiger partial charge is 0.313 e. The Labute approximate surface area is 119 Å². The van der Waals surface area contributed by atoms with Gasteiger partial charge in [0, 0.05) is 19.2 Å². The van der Waals surface area contributed by atoms with Crippen LogP contribution in [0.3, 0.4) is 0 Å². The number of aliphatic carboxylic acids is 1. The highest BCUT2D eigenvalue weighted by atomic mass is 32.2. The number of rotatable bonds is 7. The van der Waals surface area contributed by atoms with E-state index in [9.17, 15) is 9.59 Å². The summed E-state index contributed by atoms with van der Waals surface area (Å²) in [6.07, 6.45) is 2.44. The predicted molar refractivity (Wildman–Crippen MR) is 74.7 cm³/mol. The molecular formula is C12H14N4O3S.